The summed E-state index contributed by atoms with van der Waals surface area (Å²) in [5.74, 6) is -1.09. The van der Waals surface area contributed by atoms with Gasteiger partial charge in [-0.1, -0.05) is 6.07 Å². The first-order valence-corrected chi connectivity index (χ1v) is 4.52. The lowest BCUT2D eigenvalue weighted by Crippen LogP contribution is -1.76. The van der Waals surface area contributed by atoms with Crippen molar-refractivity contribution >= 4 is 34.1 Å². The molecule has 0 fully saturated rings. The second-order valence-electron chi connectivity index (χ2n) is 2.33. The summed E-state index contributed by atoms with van der Waals surface area (Å²) >= 11 is 5.02. The summed E-state index contributed by atoms with van der Waals surface area (Å²) in [5.41, 5.74) is 0. The molecule has 0 nitrogen and oxygen atoms in total. The van der Waals surface area contributed by atoms with Crippen LogP contribution >= 0.6 is 24.0 Å². The number of fused-ring (bicyclic) bond motifs is 1. The van der Waals surface area contributed by atoms with E-state index in [0.29, 0.717) is 4.70 Å². The molecule has 0 bridgehead atoms. The summed E-state index contributed by atoms with van der Waals surface area (Å²) in [6.07, 6.45) is 0. The Morgan fingerprint density at radius 2 is 2.00 bits per heavy atom. The van der Waals surface area contributed by atoms with Crippen molar-refractivity contribution in [3.8, 4) is 0 Å². The van der Waals surface area contributed by atoms with Gasteiger partial charge in [0.15, 0.2) is 5.82 Å². The summed E-state index contributed by atoms with van der Waals surface area (Å²) in [6, 6.07) is 4.47. The molecule has 1 aromatic heterocycles. The lowest BCUT2D eigenvalue weighted by molar-refractivity contribution is 0.599. The van der Waals surface area contributed by atoms with E-state index in [1.165, 1.54) is 6.07 Å². The first-order chi connectivity index (χ1) is 5.70. The number of benzene rings is 1. The van der Waals surface area contributed by atoms with Crippen LogP contribution < -0.4 is 0 Å². The highest BCUT2D eigenvalue weighted by Gasteiger charge is 2.12. The Hall–Kier alpha value is -0.610. The topological polar surface area (TPSA) is 0 Å². The molecule has 2 rings (SSSR count). The fraction of sp³-hybridized carbons (Fsp3) is 0. The second-order valence-corrected chi connectivity index (χ2v) is 4.14. The van der Waals surface area contributed by atoms with Crippen LogP contribution in [0.5, 0.6) is 0 Å². The number of hydrogen-bond donors (Lipinski definition) is 1. The predicted octanol–water partition coefficient (Wildman–Crippen LogP) is 3.47. The lowest BCUT2D eigenvalue weighted by Gasteiger charge is -1.89. The number of halogens is 2. The zero-order valence-corrected chi connectivity index (χ0v) is 7.55. The van der Waals surface area contributed by atoms with E-state index in [1.807, 2.05) is 0 Å². The largest absolute Gasteiger partial charge is 0.206 e. The van der Waals surface area contributed by atoms with Crippen LogP contribution in [0.2, 0.25) is 0 Å². The third kappa shape index (κ3) is 1.03. The maximum absolute atomic E-state index is 13.1. The molecule has 0 radical (unpaired) electrons. The molecule has 0 saturated heterocycles. The quantitative estimate of drug-likeness (QED) is 0.621. The van der Waals surface area contributed by atoms with E-state index in [-0.39, 0.29) is 9.60 Å². The van der Waals surface area contributed by atoms with Gasteiger partial charge < -0.3 is 0 Å². The molecule has 4 heteroatoms. The second kappa shape index (κ2) is 2.71. The Morgan fingerprint density at radius 1 is 1.25 bits per heavy atom. The summed E-state index contributed by atoms with van der Waals surface area (Å²) in [5, 5.41) is 0.0486. The van der Waals surface area contributed by atoms with Crippen molar-refractivity contribution in [2.45, 2.75) is 4.21 Å². The molecule has 0 aliphatic carbocycles. The van der Waals surface area contributed by atoms with Gasteiger partial charge in [0.25, 0.3) is 0 Å². The van der Waals surface area contributed by atoms with Crippen LogP contribution in [0.4, 0.5) is 8.78 Å². The zero-order valence-electron chi connectivity index (χ0n) is 5.84. The van der Waals surface area contributed by atoms with Crippen molar-refractivity contribution in [2.24, 2.45) is 0 Å². The number of rotatable bonds is 0. The molecule has 62 valence electrons. The van der Waals surface area contributed by atoms with Gasteiger partial charge in [-0.05, 0) is 12.1 Å². The fourth-order valence-corrected chi connectivity index (χ4v) is 2.30. The molecule has 1 aromatic carbocycles. The van der Waals surface area contributed by atoms with Crippen molar-refractivity contribution in [3.05, 3.63) is 29.8 Å². The van der Waals surface area contributed by atoms with E-state index in [4.69, 9.17) is 0 Å². The van der Waals surface area contributed by atoms with Gasteiger partial charge in [0, 0.05) is 4.70 Å². The molecule has 0 aliphatic heterocycles. The smallest absolute Gasteiger partial charge is 0.158 e. The monoisotopic (exact) mass is 202 g/mol. The van der Waals surface area contributed by atoms with E-state index in [1.54, 1.807) is 12.1 Å². The first kappa shape index (κ1) is 8.01. The Labute approximate surface area is 77.2 Å². The predicted molar refractivity (Wildman–Crippen MR) is 49.0 cm³/mol. The van der Waals surface area contributed by atoms with Crippen molar-refractivity contribution in [2.75, 3.05) is 0 Å². The minimum atomic E-state index is -0.559. The van der Waals surface area contributed by atoms with E-state index in [9.17, 15) is 8.78 Å². The van der Waals surface area contributed by atoms with Crippen LogP contribution in [0.25, 0.3) is 10.1 Å². The zero-order chi connectivity index (χ0) is 8.72. The fourth-order valence-electron chi connectivity index (χ4n) is 1.06. The van der Waals surface area contributed by atoms with Gasteiger partial charge in [0.05, 0.1) is 9.60 Å². The van der Waals surface area contributed by atoms with Crippen molar-refractivity contribution in [1.82, 2.24) is 0 Å². The Morgan fingerprint density at radius 3 is 2.67 bits per heavy atom. The molecule has 0 aliphatic rings. The van der Waals surface area contributed by atoms with Gasteiger partial charge in [-0.3, -0.25) is 0 Å². The van der Waals surface area contributed by atoms with Gasteiger partial charge in [-0.15, -0.1) is 24.0 Å². The van der Waals surface area contributed by atoms with Crippen LogP contribution in [0, 0.1) is 11.6 Å². The molecular formula is C8H4F2S2. The number of thiophene rings is 1. The van der Waals surface area contributed by atoms with Crippen molar-refractivity contribution < 1.29 is 8.78 Å². The SMILES string of the molecule is Fc1cccc2sc(S)c(F)c12. The molecule has 2 aromatic rings. The number of hydrogen-bond acceptors (Lipinski definition) is 2. The highest BCUT2D eigenvalue weighted by molar-refractivity contribution is 7.83. The Kier molecular flexibility index (Phi) is 1.81. The normalized spacial score (nSPS) is 10.9. The van der Waals surface area contributed by atoms with Crippen molar-refractivity contribution in [1.29, 1.82) is 0 Å². The van der Waals surface area contributed by atoms with Gasteiger partial charge in [0.2, 0.25) is 0 Å². The molecule has 0 spiro atoms. The minimum Gasteiger partial charge on any atom is -0.206 e. The third-order valence-electron chi connectivity index (χ3n) is 1.59. The van der Waals surface area contributed by atoms with Crippen LogP contribution in [-0.2, 0) is 0 Å². The summed E-state index contributed by atoms with van der Waals surface area (Å²) in [7, 11) is 0. The van der Waals surface area contributed by atoms with E-state index >= 15 is 0 Å². The van der Waals surface area contributed by atoms with E-state index < -0.39 is 11.6 Å². The van der Waals surface area contributed by atoms with E-state index in [2.05, 4.69) is 12.6 Å². The summed E-state index contributed by atoms with van der Waals surface area (Å²) < 4.78 is 26.9. The Balaban J connectivity index is 2.97. The molecule has 0 atom stereocenters. The minimum absolute atomic E-state index is 0.0486. The standard InChI is InChI=1S/C8H4F2S2/c9-4-2-1-3-5-6(4)7(10)8(11)12-5/h1-3,11H. The van der Waals surface area contributed by atoms with Gasteiger partial charge >= 0.3 is 0 Å². The summed E-state index contributed by atoms with van der Waals surface area (Å²) in [6.45, 7) is 0. The molecule has 1 heterocycles. The van der Waals surface area contributed by atoms with Crippen molar-refractivity contribution in [3.63, 3.8) is 0 Å². The van der Waals surface area contributed by atoms with E-state index in [0.717, 1.165) is 11.3 Å². The molecule has 0 saturated carbocycles. The Bertz CT molecular complexity index is 434. The molecule has 0 unspecified atom stereocenters. The van der Waals surface area contributed by atoms with Gasteiger partial charge in [0.1, 0.15) is 5.82 Å². The average molecular weight is 202 g/mol. The highest BCUT2D eigenvalue weighted by Crippen LogP contribution is 2.33. The van der Waals surface area contributed by atoms with Crippen LogP contribution in [0.3, 0.4) is 0 Å². The molecule has 12 heavy (non-hydrogen) atoms. The molecule has 0 N–H and O–H groups in total. The molecular weight excluding hydrogens is 198 g/mol. The average Bonchev–Trinajstić information content (AvgIpc) is 2.29. The first-order valence-electron chi connectivity index (χ1n) is 3.25. The number of thiol groups is 1. The molecule has 0 amide bonds. The van der Waals surface area contributed by atoms with Crippen LogP contribution in [-0.4, -0.2) is 0 Å². The summed E-state index contributed by atoms with van der Waals surface area (Å²) in [4.78, 5) is 0. The maximum Gasteiger partial charge on any atom is 0.158 e. The maximum atomic E-state index is 13.1. The van der Waals surface area contributed by atoms with Crippen LogP contribution in [0.15, 0.2) is 22.4 Å². The third-order valence-corrected chi connectivity index (χ3v) is 2.99. The lowest BCUT2D eigenvalue weighted by atomic mass is 10.2. The van der Waals surface area contributed by atoms with Gasteiger partial charge in [-0.2, -0.15) is 0 Å². The van der Waals surface area contributed by atoms with Crippen LogP contribution in [0.1, 0.15) is 0 Å². The van der Waals surface area contributed by atoms with Gasteiger partial charge in [-0.25, -0.2) is 8.78 Å². The highest BCUT2D eigenvalue weighted by atomic mass is 32.2.